The van der Waals surface area contributed by atoms with Gasteiger partial charge in [-0.05, 0) is 59.5 Å². The summed E-state index contributed by atoms with van der Waals surface area (Å²) in [5, 5.41) is 12.9. The summed E-state index contributed by atoms with van der Waals surface area (Å²) in [5.74, 6) is 1.38. The van der Waals surface area contributed by atoms with Crippen molar-refractivity contribution in [1.29, 1.82) is 0 Å². The van der Waals surface area contributed by atoms with E-state index in [9.17, 15) is 4.79 Å². The largest absolute Gasteiger partial charge is 0.346 e. The Hall–Kier alpha value is -2.93. The first-order chi connectivity index (χ1) is 14.3. The van der Waals surface area contributed by atoms with Gasteiger partial charge in [0.2, 0.25) is 5.91 Å². The Kier molecular flexibility index (Phi) is 4.89. The molecule has 0 saturated carbocycles. The molecular weight excluding hydrogens is 382 g/mol. The van der Waals surface area contributed by atoms with E-state index in [-0.39, 0.29) is 17.9 Å². The fourth-order valence-corrected chi connectivity index (χ4v) is 4.97. The van der Waals surface area contributed by atoms with Crippen LogP contribution in [-0.2, 0) is 4.79 Å². The van der Waals surface area contributed by atoms with Gasteiger partial charge in [0.15, 0.2) is 5.65 Å². The zero-order valence-corrected chi connectivity index (χ0v) is 16.9. The van der Waals surface area contributed by atoms with Crippen LogP contribution in [0, 0.1) is 0 Å². The molecule has 4 aromatic heterocycles. The zero-order chi connectivity index (χ0) is 19.6. The van der Waals surface area contributed by atoms with Gasteiger partial charge in [0.25, 0.3) is 0 Å². The highest BCUT2D eigenvalue weighted by atomic mass is 32.1. The van der Waals surface area contributed by atoms with Crippen LogP contribution in [0.3, 0.4) is 0 Å². The van der Waals surface area contributed by atoms with Crippen molar-refractivity contribution in [2.75, 3.05) is 13.1 Å². The second-order valence-corrected chi connectivity index (χ2v) is 8.35. The molecule has 0 bridgehead atoms. The Balaban J connectivity index is 1.34. The number of likely N-dealkylation sites (tertiary alicyclic amines) is 1. The van der Waals surface area contributed by atoms with Crippen molar-refractivity contribution < 1.29 is 4.79 Å². The van der Waals surface area contributed by atoms with Crippen molar-refractivity contribution in [3.05, 3.63) is 77.1 Å². The average Bonchev–Trinajstić information content (AvgIpc) is 3.54. The van der Waals surface area contributed by atoms with Crippen molar-refractivity contribution in [3.8, 4) is 0 Å². The molecule has 1 aliphatic heterocycles. The molecule has 5 heterocycles. The van der Waals surface area contributed by atoms with Crippen LogP contribution < -0.4 is 0 Å². The van der Waals surface area contributed by atoms with E-state index in [1.54, 1.807) is 11.3 Å². The molecule has 0 spiro atoms. The maximum atomic E-state index is 13.3. The summed E-state index contributed by atoms with van der Waals surface area (Å²) in [4.78, 5) is 15.3. The molecule has 1 fully saturated rings. The second kappa shape index (κ2) is 7.83. The molecule has 5 rings (SSSR count). The normalized spacial score (nSPS) is 18.2. The van der Waals surface area contributed by atoms with Crippen LogP contribution in [0.4, 0.5) is 0 Å². The van der Waals surface area contributed by atoms with E-state index in [1.165, 1.54) is 5.56 Å². The third kappa shape index (κ3) is 3.58. The molecule has 1 aliphatic rings. The van der Waals surface area contributed by atoms with Crippen LogP contribution in [0.2, 0.25) is 0 Å². The number of hydrogen-bond acceptors (Lipinski definition) is 4. The van der Waals surface area contributed by atoms with E-state index in [0.29, 0.717) is 13.0 Å². The standard InChI is InChI=1S/C22H23N5OS/c28-21(14-19(18-8-13-29-16-18)25-9-3-4-10-25)26-11-5-6-17(15-26)22-24-23-20-7-1-2-12-27(20)22/h1-4,7-10,12-13,16-17,19H,5-6,11,14-15H2/t17-,19+/m1/s1. The first-order valence-electron chi connectivity index (χ1n) is 10.0. The Labute approximate surface area is 173 Å². The van der Waals surface area contributed by atoms with Crippen molar-refractivity contribution in [2.45, 2.75) is 31.2 Å². The van der Waals surface area contributed by atoms with Gasteiger partial charge >= 0.3 is 0 Å². The number of carbonyl (C=O) groups is 1. The number of thiophene rings is 1. The Bertz CT molecular complexity index is 1050. The highest BCUT2D eigenvalue weighted by Crippen LogP contribution is 2.29. The van der Waals surface area contributed by atoms with E-state index in [1.807, 2.05) is 58.2 Å². The number of rotatable bonds is 5. The van der Waals surface area contributed by atoms with Crippen LogP contribution in [0.15, 0.2) is 65.7 Å². The molecule has 4 aromatic rings. The molecule has 0 aromatic carbocycles. The molecule has 148 valence electrons. The molecular formula is C22H23N5OS. The fourth-order valence-electron chi connectivity index (χ4n) is 4.26. The fraction of sp³-hybridized carbons (Fsp3) is 0.318. The van der Waals surface area contributed by atoms with E-state index in [4.69, 9.17) is 0 Å². The lowest BCUT2D eigenvalue weighted by atomic mass is 9.96. The molecule has 6 nitrogen and oxygen atoms in total. The van der Waals surface area contributed by atoms with Gasteiger partial charge in [0, 0.05) is 37.6 Å². The predicted molar refractivity (Wildman–Crippen MR) is 113 cm³/mol. The smallest absolute Gasteiger partial charge is 0.225 e. The van der Waals surface area contributed by atoms with Crippen molar-refractivity contribution in [1.82, 2.24) is 24.1 Å². The third-order valence-corrected chi connectivity index (χ3v) is 6.46. The molecule has 7 heteroatoms. The van der Waals surface area contributed by atoms with Gasteiger partial charge in [0.1, 0.15) is 5.82 Å². The number of pyridine rings is 1. The minimum Gasteiger partial charge on any atom is -0.346 e. The first kappa shape index (κ1) is 18.1. The topological polar surface area (TPSA) is 55.4 Å². The number of carbonyl (C=O) groups excluding carboxylic acids is 1. The van der Waals surface area contributed by atoms with Crippen LogP contribution in [0.25, 0.3) is 5.65 Å². The summed E-state index contributed by atoms with van der Waals surface area (Å²) in [6, 6.07) is 12.1. The summed E-state index contributed by atoms with van der Waals surface area (Å²) < 4.78 is 4.18. The first-order valence-corrected chi connectivity index (χ1v) is 11.0. The maximum Gasteiger partial charge on any atom is 0.225 e. The van der Waals surface area contributed by atoms with Crippen LogP contribution in [0.1, 0.15) is 42.6 Å². The number of piperidine rings is 1. The highest BCUT2D eigenvalue weighted by molar-refractivity contribution is 7.08. The van der Waals surface area contributed by atoms with Crippen LogP contribution in [0.5, 0.6) is 0 Å². The van der Waals surface area contributed by atoms with E-state index < -0.39 is 0 Å². The number of nitrogens with zero attached hydrogens (tertiary/aromatic N) is 5. The molecule has 1 saturated heterocycles. The van der Waals surface area contributed by atoms with Gasteiger partial charge in [-0.25, -0.2) is 0 Å². The lowest BCUT2D eigenvalue weighted by molar-refractivity contribution is -0.133. The molecule has 29 heavy (non-hydrogen) atoms. The van der Waals surface area contributed by atoms with Gasteiger partial charge in [-0.3, -0.25) is 9.20 Å². The van der Waals surface area contributed by atoms with Crippen molar-refractivity contribution in [3.63, 3.8) is 0 Å². The Morgan fingerprint density at radius 2 is 2.00 bits per heavy atom. The van der Waals surface area contributed by atoms with Crippen molar-refractivity contribution in [2.24, 2.45) is 0 Å². The second-order valence-electron chi connectivity index (χ2n) is 7.57. The Morgan fingerprint density at radius 1 is 1.14 bits per heavy atom. The van der Waals surface area contributed by atoms with Gasteiger partial charge < -0.3 is 9.47 Å². The van der Waals surface area contributed by atoms with Crippen LogP contribution >= 0.6 is 11.3 Å². The van der Waals surface area contributed by atoms with E-state index in [2.05, 4.69) is 31.6 Å². The molecule has 0 N–H and O–H groups in total. The molecule has 2 atom stereocenters. The summed E-state index contributed by atoms with van der Waals surface area (Å²) >= 11 is 1.67. The van der Waals surface area contributed by atoms with Gasteiger partial charge in [-0.2, -0.15) is 11.3 Å². The number of amides is 1. The van der Waals surface area contributed by atoms with Gasteiger partial charge in [0.05, 0.1) is 12.5 Å². The Morgan fingerprint density at radius 3 is 2.83 bits per heavy atom. The summed E-state index contributed by atoms with van der Waals surface area (Å²) in [5.41, 5.74) is 2.05. The molecule has 1 amide bonds. The monoisotopic (exact) mass is 405 g/mol. The average molecular weight is 406 g/mol. The molecule has 0 aliphatic carbocycles. The molecule has 0 unspecified atom stereocenters. The van der Waals surface area contributed by atoms with Gasteiger partial charge in [-0.1, -0.05) is 6.07 Å². The highest BCUT2D eigenvalue weighted by Gasteiger charge is 2.29. The van der Waals surface area contributed by atoms with E-state index in [0.717, 1.165) is 30.9 Å². The predicted octanol–water partition coefficient (Wildman–Crippen LogP) is 3.98. The minimum absolute atomic E-state index is 0.0399. The lowest BCUT2D eigenvalue weighted by Gasteiger charge is -2.33. The lowest BCUT2D eigenvalue weighted by Crippen LogP contribution is -2.40. The van der Waals surface area contributed by atoms with Gasteiger partial charge in [-0.15, -0.1) is 10.2 Å². The third-order valence-electron chi connectivity index (χ3n) is 5.76. The van der Waals surface area contributed by atoms with Crippen LogP contribution in [-0.4, -0.2) is 43.1 Å². The quantitative estimate of drug-likeness (QED) is 0.505. The van der Waals surface area contributed by atoms with E-state index >= 15 is 0 Å². The molecule has 0 radical (unpaired) electrons. The number of fused-ring (bicyclic) bond motifs is 1. The number of hydrogen-bond donors (Lipinski definition) is 0. The summed E-state index contributed by atoms with van der Waals surface area (Å²) in [6.45, 7) is 1.52. The number of aromatic nitrogens is 4. The minimum atomic E-state index is 0.0399. The van der Waals surface area contributed by atoms with Crippen molar-refractivity contribution >= 4 is 22.9 Å². The summed E-state index contributed by atoms with van der Waals surface area (Å²) in [7, 11) is 0. The maximum absolute atomic E-state index is 13.3. The summed E-state index contributed by atoms with van der Waals surface area (Å²) in [6.07, 6.45) is 8.58. The SMILES string of the molecule is O=C(C[C@@H](c1ccsc1)n1cccc1)N1CCC[C@@H](c2nnc3ccccn23)C1. The zero-order valence-electron chi connectivity index (χ0n) is 16.1.